The molecule has 142 heavy (non-hydrogen) atoms. The molecular weight excluding hydrogens is 1800 g/mol. The molecule has 0 amide bonds. The average molecular weight is 2020 g/mol. The minimum Gasteiger partial charge on any atom is -0.426 e. The van der Waals surface area contributed by atoms with E-state index in [0.29, 0.717) is 19.8 Å². The largest absolute Gasteiger partial charge is 0.530 e. The van der Waals surface area contributed by atoms with Gasteiger partial charge in [-0.3, -0.25) is 4.52 Å². The van der Waals surface area contributed by atoms with Gasteiger partial charge >= 0.3 is 25.8 Å². The van der Waals surface area contributed by atoms with E-state index < -0.39 is 25.8 Å². The lowest BCUT2D eigenvalue weighted by Gasteiger charge is -2.33. The fraction of sp³-hybridized carbons (Fsp3) is 0.723. The maximum absolute atomic E-state index is 7.40. The van der Waals surface area contributed by atoms with Crippen LogP contribution in [0.1, 0.15) is 600 Å². The highest BCUT2D eigenvalue weighted by atomic mass is 31.2. The average Bonchev–Trinajstić information content (AvgIpc) is 0.757. The van der Waals surface area contributed by atoms with Crippen molar-refractivity contribution in [2.24, 2.45) is 0 Å². The Labute approximate surface area is 880 Å². The first-order valence-corrected chi connectivity index (χ1v) is 63.3. The molecule has 3 atom stereocenters. The van der Waals surface area contributed by atoms with Crippen LogP contribution in [0.15, 0.2) is 109 Å². The Balaban J connectivity index is 1.40. The van der Waals surface area contributed by atoms with Crippen LogP contribution in [0.5, 0.6) is 34.5 Å². The lowest BCUT2D eigenvalue weighted by molar-refractivity contribution is 0.197. The minimum atomic E-state index is -1.98. The second-order valence-electron chi connectivity index (χ2n) is 46.1. The van der Waals surface area contributed by atoms with Crippen molar-refractivity contribution in [1.29, 1.82) is 0 Å². The number of hydrogen-bond donors (Lipinski definition) is 0. The lowest BCUT2D eigenvalue weighted by atomic mass is 9.74. The lowest BCUT2D eigenvalue weighted by Crippen LogP contribution is -2.19. The van der Waals surface area contributed by atoms with Crippen LogP contribution in [0.4, 0.5) is 0 Å². The molecule has 12 heteroatoms. The molecule has 0 aliphatic rings. The second-order valence-corrected chi connectivity index (χ2v) is 49.3. The van der Waals surface area contributed by atoms with Crippen molar-refractivity contribution in [2.45, 2.75) is 590 Å². The van der Waals surface area contributed by atoms with E-state index in [0.717, 1.165) is 115 Å². The molecule has 0 N–H and O–H groups in total. The Kier molecular flexibility index (Phi) is 68.8. The van der Waals surface area contributed by atoms with E-state index in [1.165, 1.54) is 416 Å². The van der Waals surface area contributed by atoms with Crippen molar-refractivity contribution >= 4 is 25.8 Å². The summed E-state index contributed by atoms with van der Waals surface area (Å²) in [5, 5.41) is 0. The number of benzene rings is 6. The van der Waals surface area contributed by atoms with Crippen LogP contribution in [-0.4, -0.2) is 19.8 Å². The molecule has 3 unspecified atom stereocenters. The standard InChI is InChI=1S/C130H217O9P3/c1-20-26-32-38-44-47-50-53-56-59-62-65-68-74-80-98-131-140(132-99-81-75-69-66-63-60-57-54-51-48-45-39-33-27-21-2)137-125-103-110(9)119(106-123(125)129(14,15)16)121(120-107-124(130(17,18)19)126(104-111(120)10)138-141(134-115-92-86-112(87-93-115)83-77-71-41-35-29-23-4)133-100-82-76-70-67-64-61-58-55-52-49-46-40-34-28-22-3)101-108(7)118-105-122(128(11,12)13)127(102-109(118)8)139-142(135-116-94-88-113(89-95-116)84-78-72-42-36-30-24-5)136-117-96-90-114(91-97-117)85-79-73-43-37-31-25-6/h86-97,102-108,121H,20-85,98-101H2,1-19H3. The first-order chi connectivity index (χ1) is 68.9. The second kappa shape index (κ2) is 77.6. The van der Waals surface area contributed by atoms with Gasteiger partial charge in [0.1, 0.15) is 34.5 Å². The van der Waals surface area contributed by atoms with Crippen molar-refractivity contribution in [3.63, 3.8) is 0 Å². The quantitative estimate of drug-likeness (QED) is 0.0274. The normalized spacial score (nSPS) is 12.7. The summed E-state index contributed by atoms with van der Waals surface area (Å²) in [6, 6.07) is 40.6. The zero-order valence-corrected chi connectivity index (χ0v) is 98.2. The molecule has 0 aromatic heterocycles. The van der Waals surface area contributed by atoms with Gasteiger partial charge in [-0.05, 0) is 212 Å². The maximum atomic E-state index is 7.40. The van der Waals surface area contributed by atoms with E-state index in [-0.39, 0.29) is 28.1 Å². The van der Waals surface area contributed by atoms with Gasteiger partial charge in [0.15, 0.2) is 0 Å². The summed E-state index contributed by atoms with van der Waals surface area (Å²) in [5.74, 6) is 4.71. The molecule has 0 aliphatic heterocycles. The SMILES string of the molecule is CCCCCCCCCCCCCCCCCOP(OCCCCCCCCCCCCCCCCC)Oc1cc(C)c(C(CC(C)c2cc(C(C)(C)C)c(OP(Oc3ccc(CCCCCCCC)cc3)Oc3ccc(CCCCCCCC)cc3)cc2C)c2cc(C(C)(C)C)c(OP(OCCCCCCCCCCCCCCCCC)Oc3ccc(CCCCCCCC)cc3)cc2C)cc1C(C)(C)C. The molecule has 0 bridgehead atoms. The first-order valence-electron chi connectivity index (χ1n) is 60.0. The Morgan fingerprint density at radius 1 is 0.218 bits per heavy atom. The van der Waals surface area contributed by atoms with Gasteiger partial charge in [0.25, 0.3) is 0 Å². The van der Waals surface area contributed by atoms with E-state index in [4.69, 9.17) is 40.7 Å². The van der Waals surface area contributed by atoms with E-state index >= 15 is 0 Å². The summed E-state index contributed by atoms with van der Waals surface area (Å²) >= 11 is 0. The van der Waals surface area contributed by atoms with E-state index in [1.54, 1.807) is 0 Å². The molecule has 0 heterocycles. The zero-order chi connectivity index (χ0) is 102. The molecular formula is C130H217O9P3. The summed E-state index contributed by atoms with van der Waals surface area (Å²) < 4.78 is 63.9. The summed E-state index contributed by atoms with van der Waals surface area (Å²) in [6.45, 7) is 46.1. The zero-order valence-electron chi connectivity index (χ0n) is 95.6. The molecule has 0 aliphatic carbocycles. The molecule has 806 valence electrons. The van der Waals surface area contributed by atoms with Gasteiger partial charge in [-0.25, -0.2) is 0 Å². The fourth-order valence-electron chi connectivity index (χ4n) is 20.3. The Bertz CT molecular complexity index is 3970. The van der Waals surface area contributed by atoms with Crippen LogP contribution in [0.25, 0.3) is 0 Å². The van der Waals surface area contributed by atoms with E-state index in [2.05, 4.69) is 241 Å². The van der Waals surface area contributed by atoms with Gasteiger partial charge in [0, 0.05) is 22.6 Å². The molecule has 0 radical (unpaired) electrons. The van der Waals surface area contributed by atoms with Crippen molar-refractivity contribution in [2.75, 3.05) is 19.8 Å². The summed E-state index contributed by atoms with van der Waals surface area (Å²) in [7, 11) is -5.53. The van der Waals surface area contributed by atoms with Crippen LogP contribution in [0.3, 0.4) is 0 Å². The van der Waals surface area contributed by atoms with E-state index in [1.807, 2.05) is 0 Å². The minimum absolute atomic E-state index is 0.0707. The summed E-state index contributed by atoms with van der Waals surface area (Å²) in [6.07, 6.45) is 86.5. The van der Waals surface area contributed by atoms with Gasteiger partial charge in [0.2, 0.25) is 0 Å². The van der Waals surface area contributed by atoms with Crippen molar-refractivity contribution in [3.8, 4) is 34.5 Å². The summed E-state index contributed by atoms with van der Waals surface area (Å²) in [4.78, 5) is 0. The highest BCUT2D eigenvalue weighted by molar-refractivity contribution is 7.43. The van der Waals surface area contributed by atoms with Gasteiger partial charge < -0.3 is 36.2 Å². The number of hydrogen-bond acceptors (Lipinski definition) is 9. The van der Waals surface area contributed by atoms with Crippen LogP contribution in [0.2, 0.25) is 0 Å². The Hall–Kier alpha value is -4.71. The number of rotatable bonds is 89. The van der Waals surface area contributed by atoms with Crippen LogP contribution in [-0.2, 0) is 49.1 Å². The van der Waals surface area contributed by atoms with Crippen LogP contribution < -0.4 is 27.1 Å². The number of unbranched alkanes of at least 4 members (excludes halogenated alkanes) is 57. The van der Waals surface area contributed by atoms with Gasteiger partial charge in [-0.2, -0.15) is 0 Å². The Morgan fingerprint density at radius 3 is 0.662 bits per heavy atom. The van der Waals surface area contributed by atoms with Crippen LogP contribution >= 0.6 is 25.8 Å². The van der Waals surface area contributed by atoms with Crippen molar-refractivity contribution in [3.05, 3.63) is 176 Å². The highest BCUT2D eigenvalue weighted by Crippen LogP contribution is 2.53. The third-order valence-corrected chi connectivity index (χ3v) is 32.8. The fourth-order valence-corrected chi connectivity index (χ4v) is 23.4. The molecule has 0 spiro atoms. The first kappa shape index (κ1) is 126. The third-order valence-electron chi connectivity index (χ3n) is 29.5. The molecule has 0 saturated heterocycles. The number of aryl methyl sites for hydroxylation is 6. The summed E-state index contributed by atoms with van der Waals surface area (Å²) in [5.41, 5.74) is 13.8. The van der Waals surface area contributed by atoms with Crippen LogP contribution in [0, 0.1) is 20.8 Å². The molecule has 0 saturated carbocycles. The topological polar surface area (TPSA) is 83.1 Å². The predicted octanol–water partition coefficient (Wildman–Crippen LogP) is 45.3. The molecule has 0 fully saturated rings. The van der Waals surface area contributed by atoms with Gasteiger partial charge in [-0.1, -0.05) is 531 Å². The molecule has 6 aromatic rings. The molecule has 6 aromatic carbocycles. The highest BCUT2D eigenvalue weighted by Gasteiger charge is 2.35. The predicted molar refractivity (Wildman–Crippen MR) is 622 cm³/mol. The smallest absolute Gasteiger partial charge is 0.426 e. The van der Waals surface area contributed by atoms with Crippen molar-refractivity contribution < 1.29 is 40.7 Å². The maximum Gasteiger partial charge on any atom is 0.530 e. The van der Waals surface area contributed by atoms with E-state index in [9.17, 15) is 0 Å². The molecule has 9 nitrogen and oxygen atoms in total. The van der Waals surface area contributed by atoms with Gasteiger partial charge in [0.05, 0.1) is 19.8 Å². The monoisotopic (exact) mass is 2020 g/mol. The van der Waals surface area contributed by atoms with Gasteiger partial charge in [-0.15, -0.1) is 0 Å². The third kappa shape index (κ3) is 55.7. The molecule has 6 rings (SSSR count). The Morgan fingerprint density at radius 2 is 0.415 bits per heavy atom. The van der Waals surface area contributed by atoms with Crippen molar-refractivity contribution in [1.82, 2.24) is 0 Å².